The van der Waals surface area contributed by atoms with Gasteiger partial charge in [0, 0.05) is 13.2 Å². The van der Waals surface area contributed by atoms with E-state index in [-0.39, 0.29) is 24.7 Å². The lowest BCUT2D eigenvalue weighted by molar-refractivity contribution is 0.0913. The van der Waals surface area contributed by atoms with Gasteiger partial charge in [-0.05, 0) is 31.0 Å². The van der Waals surface area contributed by atoms with Gasteiger partial charge in [-0.15, -0.1) is 0 Å². The Kier molecular flexibility index (Phi) is 6.94. The molecule has 6 nitrogen and oxygen atoms in total. The molecular weight excluding hydrogens is 282 g/mol. The maximum absolute atomic E-state index is 12.2. The van der Waals surface area contributed by atoms with Crippen LogP contribution in [0.4, 0.5) is 0 Å². The van der Waals surface area contributed by atoms with Crippen molar-refractivity contribution in [2.24, 2.45) is 0 Å². The molecular formula is C13H21NO5S. The Morgan fingerprint density at radius 2 is 2.05 bits per heavy atom. The Hall–Kier alpha value is -1.15. The van der Waals surface area contributed by atoms with E-state index >= 15 is 0 Å². The molecule has 0 aliphatic carbocycles. The number of hydrogen-bond donors (Lipinski definition) is 2. The number of aliphatic hydroxyl groups is 1. The summed E-state index contributed by atoms with van der Waals surface area (Å²) in [6.45, 7) is 2.71. The largest absolute Gasteiger partial charge is 0.495 e. The van der Waals surface area contributed by atoms with E-state index in [2.05, 4.69) is 4.72 Å². The smallest absolute Gasteiger partial charge is 0.244 e. The Bertz CT molecular complexity index is 515. The number of nitrogens with one attached hydrogen (secondary N) is 1. The molecule has 0 aromatic heterocycles. The van der Waals surface area contributed by atoms with Crippen molar-refractivity contribution in [3.05, 3.63) is 23.8 Å². The average molecular weight is 303 g/mol. The molecule has 0 unspecified atom stereocenters. The number of methoxy groups -OCH3 is 1. The predicted molar refractivity (Wildman–Crippen MR) is 75.4 cm³/mol. The van der Waals surface area contributed by atoms with Gasteiger partial charge in [-0.25, -0.2) is 13.1 Å². The highest BCUT2D eigenvalue weighted by atomic mass is 32.2. The van der Waals surface area contributed by atoms with E-state index < -0.39 is 10.0 Å². The lowest BCUT2D eigenvalue weighted by Crippen LogP contribution is -2.26. The fraction of sp³-hybridized carbons (Fsp3) is 0.538. The first-order chi connectivity index (χ1) is 9.51. The van der Waals surface area contributed by atoms with Crippen LogP contribution in [0.15, 0.2) is 23.1 Å². The van der Waals surface area contributed by atoms with Gasteiger partial charge >= 0.3 is 0 Å². The molecule has 0 heterocycles. The van der Waals surface area contributed by atoms with Crippen LogP contribution in [0.3, 0.4) is 0 Å². The molecule has 0 atom stereocenters. The van der Waals surface area contributed by atoms with Gasteiger partial charge in [-0.3, -0.25) is 0 Å². The van der Waals surface area contributed by atoms with Gasteiger partial charge in [0.15, 0.2) is 0 Å². The Morgan fingerprint density at radius 1 is 1.30 bits per heavy atom. The van der Waals surface area contributed by atoms with Crippen molar-refractivity contribution in [2.45, 2.75) is 18.2 Å². The van der Waals surface area contributed by atoms with E-state index in [0.29, 0.717) is 18.8 Å². The quantitative estimate of drug-likeness (QED) is 0.655. The van der Waals surface area contributed by atoms with Gasteiger partial charge < -0.3 is 14.6 Å². The van der Waals surface area contributed by atoms with Crippen LogP contribution < -0.4 is 9.46 Å². The van der Waals surface area contributed by atoms with Crippen LogP contribution in [0.25, 0.3) is 0 Å². The van der Waals surface area contributed by atoms with Gasteiger partial charge in [0.25, 0.3) is 0 Å². The van der Waals surface area contributed by atoms with E-state index in [1.54, 1.807) is 18.2 Å². The molecule has 7 heteroatoms. The van der Waals surface area contributed by atoms with Crippen LogP contribution >= 0.6 is 0 Å². The summed E-state index contributed by atoms with van der Waals surface area (Å²) in [4.78, 5) is 0.135. The second kappa shape index (κ2) is 8.21. The van der Waals surface area contributed by atoms with Gasteiger partial charge in [-0.1, -0.05) is 6.07 Å². The molecule has 20 heavy (non-hydrogen) atoms. The van der Waals surface area contributed by atoms with Crippen LogP contribution in [-0.2, 0) is 14.8 Å². The predicted octanol–water partition coefficient (Wildman–Crippen LogP) is 0.681. The summed E-state index contributed by atoms with van der Waals surface area (Å²) in [7, 11) is -2.16. The number of rotatable bonds is 9. The molecule has 0 radical (unpaired) electrons. The highest BCUT2D eigenvalue weighted by Gasteiger charge is 2.18. The van der Waals surface area contributed by atoms with Crippen LogP contribution in [0.1, 0.15) is 12.0 Å². The Balaban J connectivity index is 2.62. The molecule has 1 aromatic rings. The van der Waals surface area contributed by atoms with Crippen molar-refractivity contribution >= 4 is 10.0 Å². The minimum absolute atomic E-state index is 0.0355. The first-order valence-corrected chi connectivity index (χ1v) is 7.82. The van der Waals surface area contributed by atoms with Crippen molar-refractivity contribution in [3.8, 4) is 5.75 Å². The number of benzene rings is 1. The fourth-order valence-corrected chi connectivity index (χ4v) is 2.94. The first-order valence-electron chi connectivity index (χ1n) is 6.34. The van der Waals surface area contributed by atoms with Crippen molar-refractivity contribution in [3.63, 3.8) is 0 Å². The summed E-state index contributed by atoms with van der Waals surface area (Å²) < 4.78 is 37.0. The maximum Gasteiger partial charge on any atom is 0.244 e. The summed E-state index contributed by atoms with van der Waals surface area (Å²) in [6, 6.07) is 5.00. The van der Waals surface area contributed by atoms with Gasteiger partial charge in [0.2, 0.25) is 10.0 Å². The number of aliphatic hydroxyl groups excluding tert-OH is 1. The molecule has 2 N–H and O–H groups in total. The highest BCUT2D eigenvalue weighted by molar-refractivity contribution is 7.89. The minimum Gasteiger partial charge on any atom is -0.495 e. The van der Waals surface area contributed by atoms with Crippen molar-refractivity contribution in [2.75, 3.05) is 33.5 Å². The standard InChI is InChI=1S/C13H21NO5S/c1-11-4-5-12(18-2)13(10-11)20(16,17)14-6-3-8-19-9-7-15/h4-5,10,14-15H,3,6-9H2,1-2H3. The molecule has 0 bridgehead atoms. The van der Waals surface area contributed by atoms with Crippen molar-refractivity contribution in [1.29, 1.82) is 0 Å². The third kappa shape index (κ3) is 5.09. The summed E-state index contributed by atoms with van der Waals surface area (Å²) >= 11 is 0. The van der Waals surface area contributed by atoms with Crippen molar-refractivity contribution < 1.29 is 23.0 Å². The highest BCUT2D eigenvalue weighted by Crippen LogP contribution is 2.24. The molecule has 0 amide bonds. The van der Waals surface area contributed by atoms with Crippen LogP contribution in [0.5, 0.6) is 5.75 Å². The number of sulfonamides is 1. The van der Waals surface area contributed by atoms with Gasteiger partial charge in [-0.2, -0.15) is 0 Å². The van der Waals surface area contributed by atoms with Gasteiger partial charge in [0.1, 0.15) is 10.6 Å². The summed E-state index contributed by atoms with van der Waals surface area (Å²) in [6.07, 6.45) is 0.535. The first kappa shape index (κ1) is 16.9. The second-order valence-corrected chi connectivity index (χ2v) is 5.98. The lowest BCUT2D eigenvalue weighted by Gasteiger charge is -2.11. The lowest BCUT2D eigenvalue weighted by atomic mass is 10.2. The van der Waals surface area contributed by atoms with Crippen LogP contribution in [0.2, 0.25) is 0 Å². The summed E-state index contributed by atoms with van der Waals surface area (Å²) in [5.41, 5.74) is 0.845. The van der Waals surface area contributed by atoms with E-state index in [1.807, 2.05) is 6.92 Å². The van der Waals surface area contributed by atoms with Crippen LogP contribution in [0, 0.1) is 6.92 Å². The molecule has 0 saturated heterocycles. The SMILES string of the molecule is COc1ccc(C)cc1S(=O)(=O)NCCCOCCO. The second-order valence-electron chi connectivity index (χ2n) is 4.24. The summed E-state index contributed by atoms with van der Waals surface area (Å²) in [5.74, 6) is 0.319. The molecule has 0 fully saturated rings. The van der Waals surface area contributed by atoms with E-state index in [1.165, 1.54) is 7.11 Å². The van der Waals surface area contributed by atoms with E-state index in [0.717, 1.165) is 5.56 Å². The zero-order chi connectivity index (χ0) is 15.0. The minimum atomic E-state index is -3.60. The maximum atomic E-state index is 12.2. The van der Waals surface area contributed by atoms with Crippen molar-refractivity contribution in [1.82, 2.24) is 4.72 Å². The zero-order valence-corrected chi connectivity index (χ0v) is 12.6. The normalized spacial score (nSPS) is 11.6. The Morgan fingerprint density at radius 3 is 2.70 bits per heavy atom. The molecule has 114 valence electrons. The summed E-state index contributed by atoms with van der Waals surface area (Å²) in [5, 5.41) is 8.53. The average Bonchev–Trinajstić information content (AvgIpc) is 2.42. The Labute approximate surface area is 119 Å². The van der Waals surface area contributed by atoms with E-state index in [4.69, 9.17) is 14.6 Å². The number of hydrogen-bond acceptors (Lipinski definition) is 5. The third-order valence-corrected chi connectivity index (χ3v) is 4.08. The molecule has 1 aromatic carbocycles. The van der Waals surface area contributed by atoms with Gasteiger partial charge in [0.05, 0.1) is 20.3 Å². The number of aryl methyl sites for hydroxylation is 1. The molecule has 0 spiro atoms. The zero-order valence-electron chi connectivity index (χ0n) is 11.8. The molecule has 0 aliphatic rings. The number of ether oxygens (including phenoxy) is 2. The molecule has 0 saturated carbocycles. The monoisotopic (exact) mass is 303 g/mol. The fourth-order valence-electron chi connectivity index (χ4n) is 1.62. The third-order valence-electron chi connectivity index (χ3n) is 2.60. The topological polar surface area (TPSA) is 84.9 Å². The van der Waals surface area contributed by atoms with E-state index in [9.17, 15) is 8.42 Å². The molecule has 1 rings (SSSR count). The molecule has 0 aliphatic heterocycles. The van der Waals surface area contributed by atoms with Crippen LogP contribution in [-0.4, -0.2) is 47.0 Å².